The van der Waals surface area contributed by atoms with E-state index in [-0.39, 0.29) is 18.2 Å². The number of hydrogen-bond donors (Lipinski definition) is 1. The van der Waals surface area contributed by atoms with E-state index >= 15 is 0 Å². The molecule has 21 heavy (non-hydrogen) atoms. The van der Waals surface area contributed by atoms with Crippen molar-refractivity contribution in [1.29, 1.82) is 0 Å². The van der Waals surface area contributed by atoms with Crippen LogP contribution in [0, 0.1) is 11.6 Å². The van der Waals surface area contributed by atoms with E-state index in [0.29, 0.717) is 18.2 Å². The van der Waals surface area contributed by atoms with E-state index in [4.69, 9.17) is 9.47 Å². The fraction of sp³-hybridized carbons (Fsp3) is 0.286. The molecule has 0 saturated carbocycles. The summed E-state index contributed by atoms with van der Waals surface area (Å²) in [6, 6.07) is 4.82. The van der Waals surface area contributed by atoms with Crippen molar-refractivity contribution in [2.75, 3.05) is 19.0 Å². The van der Waals surface area contributed by atoms with E-state index < -0.39 is 11.6 Å². The van der Waals surface area contributed by atoms with Crippen LogP contribution in [-0.4, -0.2) is 23.6 Å². The average Bonchev–Trinajstić information content (AvgIpc) is 2.48. The van der Waals surface area contributed by atoms with E-state index in [1.165, 1.54) is 6.07 Å². The van der Waals surface area contributed by atoms with Gasteiger partial charge in [-0.2, -0.15) is 4.98 Å². The first-order valence-corrected chi connectivity index (χ1v) is 6.38. The largest absolute Gasteiger partial charge is 0.439 e. The summed E-state index contributed by atoms with van der Waals surface area (Å²) in [5.74, 6) is -0.575. The summed E-state index contributed by atoms with van der Waals surface area (Å²) in [5, 5.41) is 2.87. The van der Waals surface area contributed by atoms with Gasteiger partial charge in [-0.05, 0) is 19.1 Å². The molecule has 0 aliphatic heterocycles. The lowest BCUT2D eigenvalue weighted by atomic mass is 10.3. The monoisotopic (exact) mass is 295 g/mol. The van der Waals surface area contributed by atoms with Gasteiger partial charge in [0.05, 0.1) is 0 Å². The van der Waals surface area contributed by atoms with Gasteiger partial charge in [0.15, 0.2) is 17.5 Å². The average molecular weight is 295 g/mol. The van der Waals surface area contributed by atoms with Gasteiger partial charge >= 0.3 is 0 Å². The predicted octanol–water partition coefficient (Wildman–Crippen LogP) is 3.13. The molecule has 0 bridgehead atoms. The number of aromatic nitrogens is 2. The molecule has 112 valence electrons. The van der Waals surface area contributed by atoms with E-state index in [1.807, 2.05) is 6.92 Å². The van der Waals surface area contributed by atoms with Crippen molar-refractivity contribution < 1.29 is 18.3 Å². The third-order valence-electron chi connectivity index (χ3n) is 2.55. The van der Waals surface area contributed by atoms with Gasteiger partial charge in [0.2, 0.25) is 5.88 Å². The molecule has 0 aliphatic rings. The number of halogens is 2. The van der Waals surface area contributed by atoms with Gasteiger partial charge in [-0.1, -0.05) is 0 Å². The Labute approximate surface area is 120 Å². The first-order chi connectivity index (χ1) is 10.1. The Morgan fingerprint density at radius 1 is 1.14 bits per heavy atom. The third-order valence-corrected chi connectivity index (χ3v) is 2.55. The molecule has 1 aromatic heterocycles. The smallest absolute Gasteiger partial charge is 0.224 e. The highest BCUT2D eigenvalue weighted by Gasteiger charge is 2.08. The minimum absolute atomic E-state index is 0.150. The molecule has 0 aliphatic carbocycles. The predicted molar refractivity (Wildman–Crippen MR) is 73.3 cm³/mol. The summed E-state index contributed by atoms with van der Waals surface area (Å²) < 4.78 is 36.7. The highest BCUT2D eigenvalue weighted by molar-refractivity contribution is 5.39. The van der Waals surface area contributed by atoms with Crippen LogP contribution in [0.2, 0.25) is 0 Å². The lowest BCUT2D eigenvalue weighted by Gasteiger charge is -2.09. The molecule has 1 aromatic carbocycles. The van der Waals surface area contributed by atoms with Crippen molar-refractivity contribution in [2.45, 2.75) is 13.5 Å². The number of rotatable bonds is 6. The number of nitrogens with one attached hydrogen (secondary N) is 1. The maximum absolute atomic E-state index is 13.2. The zero-order valence-electron chi connectivity index (χ0n) is 11.7. The molecule has 7 heteroatoms. The Morgan fingerprint density at radius 3 is 2.62 bits per heavy atom. The van der Waals surface area contributed by atoms with Crippen LogP contribution in [0.1, 0.15) is 12.7 Å². The normalized spacial score (nSPS) is 10.5. The molecule has 0 saturated heterocycles. The quantitative estimate of drug-likeness (QED) is 0.887. The molecular weight excluding hydrogens is 280 g/mol. The number of anilines is 1. The number of nitrogens with zero attached hydrogens (tertiary/aromatic N) is 2. The van der Waals surface area contributed by atoms with E-state index in [9.17, 15) is 8.78 Å². The minimum Gasteiger partial charge on any atom is -0.439 e. The topological polar surface area (TPSA) is 56.3 Å². The minimum atomic E-state index is -0.982. The van der Waals surface area contributed by atoms with E-state index in [0.717, 1.165) is 12.1 Å². The van der Waals surface area contributed by atoms with Crippen LogP contribution in [0.3, 0.4) is 0 Å². The van der Waals surface area contributed by atoms with E-state index in [1.54, 1.807) is 13.1 Å². The molecule has 0 radical (unpaired) electrons. The van der Waals surface area contributed by atoms with Crippen molar-refractivity contribution in [3.05, 3.63) is 41.7 Å². The zero-order chi connectivity index (χ0) is 15.2. The second-order valence-electron chi connectivity index (χ2n) is 4.07. The summed E-state index contributed by atoms with van der Waals surface area (Å²) in [7, 11) is 1.70. The maximum atomic E-state index is 13.2. The van der Waals surface area contributed by atoms with Gasteiger partial charge in [-0.3, -0.25) is 0 Å². The zero-order valence-corrected chi connectivity index (χ0v) is 11.7. The standard InChI is InChI=1S/C14H15F2N3O2/c1-3-20-8-13-18-12(17-2)7-14(19-13)21-9-4-5-10(15)11(16)6-9/h4-7H,3,8H2,1-2H3,(H,17,18,19). The van der Waals surface area contributed by atoms with Crippen molar-refractivity contribution >= 4 is 5.82 Å². The Kier molecular flexibility index (Phi) is 4.99. The fourth-order valence-corrected chi connectivity index (χ4v) is 1.57. The summed E-state index contributed by atoms with van der Waals surface area (Å²) in [6.07, 6.45) is 0. The molecule has 1 heterocycles. The van der Waals surface area contributed by atoms with Crippen LogP contribution in [-0.2, 0) is 11.3 Å². The highest BCUT2D eigenvalue weighted by atomic mass is 19.2. The molecule has 0 amide bonds. The Morgan fingerprint density at radius 2 is 1.95 bits per heavy atom. The van der Waals surface area contributed by atoms with Gasteiger partial charge in [-0.25, -0.2) is 13.8 Å². The summed E-state index contributed by atoms with van der Waals surface area (Å²) in [4.78, 5) is 8.35. The lowest BCUT2D eigenvalue weighted by Crippen LogP contribution is -2.04. The van der Waals surface area contributed by atoms with Crippen LogP contribution in [0.25, 0.3) is 0 Å². The first-order valence-electron chi connectivity index (χ1n) is 6.38. The van der Waals surface area contributed by atoms with Gasteiger partial charge in [0, 0.05) is 25.8 Å². The van der Waals surface area contributed by atoms with Gasteiger partial charge in [-0.15, -0.1) is 0 Å². The Balaban J connectivity index is 2.23. The van der Waals surface area contributed by atoms with E-state index in [2.05, 4.69) is 15.3 Å². The van der Waals surface area contributed by atoms with Crippen LogP contribution < -0.4 is 10.1 Å². The summed E-state index contributed by atoms with van der Waals surface area (Å²) in [6.45, 7) is 2.63. The molecule has 0 atom stereocenters. The third kappa shape index (κ3) is 4.09. The van der Waals surface area contributed by atoms with Crippen molar-refractivity contribution in [1.82, 2.24) is 9.97 Å². The number of benzene rings is 1. The second-order valence-corrected chi connectivity index (χ2v) is 4.07. The number of ether oxygens (including phenoxy) is 2. The van der Waals surface area contributed by atoms with Gasteiger partial charge in [0.25, 0.3) is 0 Å². The maximum Gasteiger partial charge on any atom is 0.224 e. The van der Waals surface area contributed by atoms with Crippen LogP contribution in [0.15, 0.2) is 24.3 Å². The molecule has 2 rings (SSSR count). The summed E-state index contributed by atoms with van der Waals surface area (Å²) in [5.41, 5.74) is 0. The van der Waals surface area contributed by atoms with Crippen molar-refractivity contribution in [3.8, 4) is 11.6 Å². The molecule has 0 spiro atoms. The molecular formula is C14H15F2N3O2. The summed E-state index contributed by atoms with van der Waals surface area (Å²) >= 11 is 0. The molecule has 2 aromatic rings. The molecule has 1 N–H and O–H groups in total. The van der Waals surface area contributed by atoms with Gasteiger partial charge < -0.3 is 14.8 Å². The van der Waals surface area contributed by atoms with Crippen molar-refractivity contribution in [3.63, 3.8) is 0 Å². The molecule has 0 fully saturated rings. The first kappa shape index (κ1) is 15.1. The van der Waals surface area contributed by atoms with Crippen LogP contribution in [0.4, 0.5) is 14.6 Å². The Hall–Kier alpha value is -2.28. The van der Waals surface area contributed by atoms with Gasteiger partial charge in [0.1, 0.15) is 18.2 Å². The fourth-order valence-electron chi connectivity index (χ4n) is 1.57. The Bertz CT molecular complexity index is 623. The molecule has 0 unspecified atom stereocenters. The second kappa shape index (κ2) is 6.94. The van der Waals surface area contributed by atoms with Crippen molar-refractivity contribution in [2.24, 2.45) is 0 Å². The van der Waals surface area contributed by atoms with Crippen LogP contribution in [0.5, 0.6) is 11.6 Å². The van der Waals surface area contributed by atoms with Crippen LogP contribution >= 0.6 is 0 Å². The lowest BCUT2D eigenvalue weighted by molar-refractivity contribution is 0.128. The number of hydrogen-bond acceptors (Lipinski definition) is 5. The molecule has 5 nitrogen and oxygen atoms in total. The SMILES string of the molecule is CCOCc1nc(NC)cc(Oc2ccc(F)c(F)c2)n1. The highest BCUT2D eigenvalue weighted by Crippen LogP contribution is 2.23.